The second kappa shape index (κ2) is 12.0. The Morgan fingerprint density at radius 3 is 2.44 bits per heavy atom. The molecule has 0 radical (unpaired) electrons. The Morgan fingerprint density at radius 1 is 1.13 bits per heavy atom. The molecule has 1 amide bonds. The molecule has 39 heavy (non-hydrogen) atoms. The highest BCUT2D eigenvalue weighted by Crippen LogP contribution is 2.31. The summed E-state index contributed by atoms with van der Waals surface area (Å²) in [5, 5.41) is 16.0. The number of nitrogens with one attached hydrogen (secondary N) is 2. The maximum absolute atomic E-state index is 13.1. The van der Waals surface area contributed by atoms with Crippen molar-refractivity contribution in [2.45, 2.75) is 35.4 Å². The number of aromatic nitrogens is 2. The van der Waals surface area contributed by atoms with Crippen LogP contribution >= 0.6 is 11.8 Å². The third-order valence-corrected chi connectivity index (χ3v) is 8.32. The van der Waals surface area contributed by atoms with Gasteiger partial charge >= 0.3 is 0 Å². The number of anilines is 2. The summed E-state index contributed by atoms with van der Waals surface area (Å²) in [6.45, 7) is 3.52. The van der Waals surface area contributed by atoms with Crippen LogP contribution in [0.4, 0.5) is 11.5 Å². The van der Waals surface area contributed by atoms with E-state index in [1.54, 1.807) is 26.2 Å². The molecule has 0 aliphatic rings. The number of hydrogen-bond acceptors (Lipinski definition) is 9. The molecule has 1 unspecified atom stereocenters. The molecule has 0 bridgehead atoms. The van der Waals surface area contributed by atoms with Gasteiger partial charge in [-0.1, -0.05) is 23.8 Å². The zero-order chi connectivity index (χ0) is 28.0. The minimum Gasteiger partial charge on any atom is -0.497 e. The van der Waals surface area contributed by atoms with E-state index in [1.807, 2.05) is 31.2 Å². The molecule has 12 heteroatoms. The summed E-state index contributed by atoms with van der Waals surface area (Å²) in [6.07, 6.45) is 0.476. The second-order valence-corrected chi connectivity index (χ2v) is 11.2. The number of benzene rings is 2. The molecular weight excluding hydrogens is 538 g/mol. The summed E-state index contributed by atoms with van der Waals surface area (Å²) in [4.78, 5) is 17.7. The lowest BCUT2D eigenvalue weighted by atomic mass is 10.1. The molecule has 2 aromatic carbocycles. The molecule has 2 N–H and O–H groups in total. The van der Waals surface area contributed by atoms with Crippen molar-refractivity contribution in [1.82, 2.24) is 10.1 Å². The van der Waals surface area contributed by atoms with Gasteiger partial charge in [0.2, 0.25) is 5.91 Å². The molecule has 0 fully saturated rings. The van der Waals surface area contributed by atoms with E-state index in [2.05, 4.69) is 26.2 Å². The van der Waals surface area contributed by atoms with Crippen molar-refractivity contribution >= 4 is 39.2 Å². The summed E-state index contributed by atoms with van der Waals surface area (Å²) >= 11 is 1.20. The standard InChI is InChI=1S/C27H25N5O5S2/c1-4-24(38-27-19(16-28)7-14-23(30-27)18-5-10-21(36-3)11-6-18)26(33)29-20-8-12-22(13-9-20)39(34,35)32-25-15-17(2)37-31-25/h5-15,24H,4H2,1-3H3,(H,29,33)(H,31,32). The molecule has 4 rings (SSSR count). The minimum absolute atomic E-state index is 0.000720. The number of sulfonamides is 1. The number of thioether (sulfide) groups is 1. The van der Waals surface area contributed by atoms with Crippen LogP contribution in [0.3, 0.4) is 0 Å². The maximum atomic E-state index is 13.1. The van der Waals surface area contributed by atoms with Gasteiger partial charge < -0.3 is 14.6 Å². The fourth-order valence-electron chi connectivity index (χ4n) is 3.55. The number of hydrogen-bond donors (Lipinski definition) is 2. The second-order valence-electron chi connectivity index (χ2n) is 8.35. The highest BCUT2D eigenvalue weighted by Gasteiger charge is 2.22. The fraction of sp³-hybridized carbons (Fsp3) is 0.185. The largest absolute Gasteiger partial charge is 0.497 e. The van der Waals surface area contributed by atoms with Crippen LogP contribution in [-0.4, -0.2) is 36.8 Å². The van der Waals surface area contributed by atoms with E-state index in [9.17, 15) is 18.5 Å². The molecule has 0 saturated heterocycles. The first kappa shape index (κ1) is 27.7. The number of methoxy groups -OCH3 is 1. The highest BCUT2D eigenvalue weighted by atomic mass is 32.2. The van der Waals surface area contributed by atoms with Gasteiger partial charge in [-0.05, 0) is 74.0 Å². The average Bonchev–Trinajstić information content (AvgIpc) is 3.35. The number of nitrogens with zero attached hydrogens (tertiary/aromatic N) is 3. The average molecular weight is 564 g/mol. The first-order valence-electron chi connectivity index (χ1n) is 11.8. The number of rotatable bonds is 10. The fourth-order valence-corrected chi connectivity index (χ4v) is 5.52. The molecule has 200 valence electrons. The van der Waals surface area contributed by atoms with Crippen molar-refractivity contribution in [3.05, 3.63) is 78.1 Å². The number of ether oxygens (including phenoxy) is 1. The van der Waals surface area contributed by atoms with Crippen LogP contribution < -0.4 is 14.8 Å². The number of nitriles is 1. The van der Waals surface area contributed by atoms with E-state index in [-0.39, 0.29) is 16.6 Å². The van der Waals surface area contributed by atoms with Crippen LogP contribution in [0.1, 0.15) is 24.7 Å². The Hall–Kier alpha value is -4.34. The van der Waals surface area contributed by atoms with Crippen LogP contribution in [0.2, 0.25) is 0 Å². The summed E-state index contributed by atoms with van der Waals surface area (Å²) in [6, 6.07) is 20.2. The Morgan fingerprint density at radius 2 is 1.85 bits per heavy atom. The topological polar surface area (TPSA) is 147 Å². The van der Waals surface area contributed by atoms with Crippen molar-refractivity contribution in [2.75, 3.05) is 17.1 Å². The minimum atomic E-state index is -3.88. The van der Waals surface area contributed by atoms with Gasteiger partial charge in [-0.25, -0.2) is 13.4 Å². The van der Waals surface area contributed by atoms with Crippen molar-refractivity contribution in [2.24, 2.45) is 0 Å². The van der Waals surface area contributed by atoms with Gasteiger partial charge in [0.15, 0.2) is 5.82 Å². The summed E-state index contributed by atoms with van der Waals surface area (Å²) in [5.41, 5.74) is 2.31. The van der Waals surface area contributed by atoms with Crippen molar-refractivity contribution in [1.29, 1.82) is 5.26 Å². The molecule has 4 aromatic rings. The van der Waals surface area contributed by atoms with Gasteiger partial charge in [-0.3, -0.25) is 9.52 Å². The Balaban J connectivity index is 1.47. The number of pyridine rings is 1. The number of carbonyl (C=O) groups excluding carboxylic acids is 1. The predicted molar refractivity (Wildman–Crippen MR) is 148 cm³/mol. The maximum Gasteiger partial charge on any atom is 0.263 e. The number of carbonyl (C=O) groups is 1. The van der Waals surface area contributed by atoms with Gasteiger partial charge in [0.25, 0.3) is 10.0 Å². The smallest absolute Gasteiger partial charge is 0.263 e. The Labute approximate surface area is 230 Å². The monoisotopic (exact) mass is 563 g/mol. The SMILES string of the molecule is CCC(Sc1nc(-c2ccc(OC)cc2)ccc1C#N)C(=O)Nc1ccc(S(=O)(=O)Nc2cc(C)on2)cc1. The molecule has 2 aromatic heterocycles. The summed E-state index contributed by atoms with van der Waals surface area (Å²) < 4.78 is 37.6. The quantitative estimate of drug-likeness (QED) is 0.247. The zero-order valence-corrected chi connectivity index (χ0v) is 23.0. The molecule has 2 heterocycles. The van der Waals surface area contributed by atoms with E-state index in [1.165, 1.54) is 42.1 Å². The van der Waals surface area contributed by atoms with E-state index in [0.29, 0.717) is 34.2 Å². The van der Waals surface area contributed by atoms with Crippen LogP contribution in [0.25, 0.3) is 11.3 Å². The molecule has 0 aliphatic heterocycles. The normalized spacial score (nSPS) is 11.8. The van der Waals surface area contributed by atoms with Crippen LogP contribution in [-0.2, 0) is 14.8 Å². The van der Waals surface area contributed by atoms with Gasteiger partial charge in [0, 0.05) is 17.3 Å². The van der Waals surface area contributed by atoms with Crippen LogP contribution in [0, 0.1) is 18.3 Å². The molecule has 0 saturated carbocycles. The van der Waals surface area contributed by atoms with E-state index in [0.717, 1.165) is 11.3 Å². The predicted octanol–water partition coefficient (Wildman–Crippen LogP) is 5.24. The van der Waals surface area contributed by atoms with E-state index >= 15 is 0 Å². The Bertz CT molecular complexity index is 1610. The molecule has 1 atom stereocenters. The number of amides is 1. The zero-order valence-electron chi connectivity index (χ0n) is 21.3. The molecule has 0 aliphatic carbocycles. The molecule has 0 spiro atoms. The molecular formula is C27H25N5O5S2. The van der Waals surface area contributed by atoms with Gasteiger partial charge in [0.1, 0.15) is 22.6 Å². The third-order valence-electron chi connectivity index (χ3n) is 5.58. The number of aryl methyl sites for hydroxylation is 1. The van der Waals surface area contributed by atoms with Gasteiger partial charge in [-0.2, -0.15) is 5.26 Å². The van der Waals surface area contributed by atoms with Gasteiger partial charge in [-0.15, -0.1) is 0 Å². The summed E-state index contributed by atoms with van der Waals surface area (Å²) in [7, 11) is -2.29. The Kier molecular flexibility index (Phi) is 8.53. The highest BCUT2D eigenvalue weighted by molar-refractivity contribution is 8.00. The third kappa shape index (κ3) is 6.76. The first-order valence-corrected chi connectivity index (χ1v) is 14.2. The van der Waals surface area contributed by atoms with E-state index in [4.69, 9.17) is 9.26 Å². The lowest BCUT2D eigenvalue weighted by Crippen LogP contribution is -2.25. The van der Waals surface area contributed by atoms with Crippen molar-refractivity contribution in [3.63, 3.8) is 0 Å². The van der Waals surface area contributed by atoms with Crippen LogP contribution in [0.15, 0.2) is 81.2 Å². The van der Waals surface area contributed by atoms with Gasteiger partial charge in [0.05, 0.1) is 28.5 Å². The van der Waals surface area contributed by atoms with E-state index < -0.39 is 15.3 Å². The lowest BCUT2D eigenvalue weighted by Gasteiger charge is -2.16. The summed E-state index contributed by atoms with van der Waals surface area (Å²) in [5.74, 6) is 0.972. The van der Waals surface area contributed by atoms with Crippen molar-refractivity contribution in [3.8, 4) is 23.1 Å². The first-order chi connectivity index (χ1) is 18.7. The lowest BCUT2D eigenvalue weighted by molar-refractivity contribution is -0.115. The van der Waals surface area contributed by atoms with Crippen molar-refractivity contribution < 1.29 is 22.5 Å². The molecule has 10 nitrogen and oxygen atoms in total. The van der Waals surface area contributed by atoms with Crippen LogP contribution in [0.5, 0.6) is 5.75 Å².